The van der Waals surface area contributed by atoms with Crippen LogP contribution in [-0.2, 0) is 0 Å². The molecule has 2 rings (SSSR count). The minimum Gasteiger partial charge on any atom is -0.496 e. The standard InChI is InChI=1S/C14H16BrN3O/c1-9-5-10(8-17-7-9)14(18-16)12-4-3-11(15)6-13(12)19-2/h3-8,14,18H,16H2,1-2H3. The van der Waals surface area contributed by atoms with Crippen LogP contribution in [0.25, 0.3) is 0 Å². The molecule has 0 aliphatic heterocycles. The molecule has 0 amide bonds. The Morgan fingerprint density at radius 2 is 2.11 bits per heavy atom. The number of nitrogens with one attached hydrogen (secondary N) is 1. The molecule has 0 bridgehead atoms. The fourth-order valence-electron chi connectivity index (χ4n) is 2.03. The van der Waals surface area contributed by atoms with Gasteiger partial charge in [-0.15, -0.1) is 0 Å². The number of aromatic nitrogens is 1. The SMILES string of the molecule is COc1cc(Br)ccc1C(NN)c1cncc(C)c1. The van der Waals surface area contributed by atoms with E-state index in [1.54, 1.807) is 13.3 Å². The molecule has 3 N–H and O–H groups in total. The highest BCUT2D eigenvalue weighted by molar-refractivity contribution is 9.10. The van der Waals surface area contributed by atoms with Gasteiger partial charge in [0.05, 0.1) is 13.2 Å². The van der Waals surface area contributed by atoms with Crippen LogP contribution >= 0.6 is 15.9 Å². The van der Waals surface area contributed by atoms with E-state index in [1.165, 1.54) is 0 Å². The van der Waals surface area contributed by atoms with Gasteiger partial charge in [0.15, 0.2) is 0 Å². The van der Waals surface area contributed by atoms with Crippen LogP contribution in [0.15, 0.2) is 41.1 Å². The second-order valence-electron chi connectivity index (χ2n) is 4.28. The third-order valence-electron chi connectivity index (χ3n) is 2.90. The first-order valence-electron chi connectivity index (χ1n) is 5.87. The zero-order chi connectivity index (χ0) is 13.8. The molecule has 0 fully saturated rings. The largest absolute Gasteiger partial charge is 0.496 e. The summed E-state index contributed by atoms with van der Waals surface area (Å²) in [6.45, 7) is 2.00. The summed E-state index contributed by atoms with van der Waals surface area (Å²) in [5.74, 6) is 6.48. The highest BCUT2D eigenvalue weighted by Gasteiger charge is 2.17. The van der Waals surface area contributed by atoms with Gasteiger partial charge in [0.1, 0.15) is 5.75 Å². The van der Waals surface area contributed by atoms with Crippen molar-refractivity contribution < 1.29 is 4.74 Å². The van der Waals surface area contributed by atoms with Gasteiger partial charge in [0.2, 0.25) is 0 Å². The minimum absolute atomic E-state index is 0.157. The van der Waals surface area contributed by atoms with Crippen LogP contribution in [0.5, 0.6) is 5.75 Å². The fraction of sp³-hybridized carbons (Fsp3) is 0.214. The first-order valence-corrected chi connectivity index (χ1v) is 6.66. The van der Waals surface area contributed by atoms with E-state index >= 15 is 0 Å². The molecule has 1 aromatic carbocycles. The smallest absolute Gasteiger partial charge is 0.125 e. The maximum absolute atomic E-state index is 5.70. The van der Waals surface area contributed by atoms with Crippen LogP contribution in [-0.4, -0.2) is 12.1 Å². The summed E-state index contributed by atoms with van der Waals surface area (Å²) < 4.78 is 6.38. The number of hydrazine groups is 1. The monoisotopic (exact) mass is 321 g/mol. The average Bonchev–Trinajstić information content (AvgIpc) is 2.41. The molecular weight excluding hydrogens is 306 g/mol. The van der Waals surface area contributed by atoms with Gasteiger partial charge >= 0.3 is 0 Å². The number of hydrogen-bond donors (Lipinski definition) is 2. The van der Waals surface area contributed by atoms with E-state index in [-0.39, 0.29) is 6.04 Å². The molecule has 0 aliphatic carbocycles. The predicted molar refractivity (Wildman–Crippen MR) is 78.8 cm³/mol. The first-order chi connectivity index (χ1) is 9.15. The molecule has 0 radical (unpaired) electrons. The van der Waals surface area contributed by atoms with Crippen molar-refractivity contribution in [2.75, 3.05) is 7.11 Å². The maximum Gasteiger partial charge on any atom is 0.125 e. The normalized spacial score (nSPS) is 12.2. The van der Waals surface area contributed by atoms with Crippen molar-refractivity contribution in [1.82, 2.24) is 10.4 Å². The number of benzene rings is 1. The van der Waals surface area contributed by atoms with Gasteiger partial charge in [0, 0.05) is 22.4 Å². The third kappa shape index (κ3) is 3.12. The summed E-state index contributed by atoms with van der Waals surface area (Å²) in [5.41, 5.74) is 5.89. The molecule has 1 aromatic heterocycles. The lowest BCUT2D eigenvalue weighted by atomic mass is 9.99. The van der Waals surface area contributed by atoms with E-state index in [0.29, 0.717) is 0 Å². The number of nitrogens with zero attached hydrogens (tertiary/aromatic N) is 1. The third-order valence-corrected chi connectivity index (χ3v) is 3.40. The summed E-state index contributed by atoms with van der Waals surface area (Å²) >= 11 is 3.43. The molecule has 4 nitrogen and oxygen atoms in total. The predicted octanol–water partition coefficient (Wildman–Crippen LogP) is 2.71. The first kappa shape index (κ1) is 14.0. The summed E-state index contributed by atoms with van der Waals surface area (Å²) in [4.78, 5) is 4.21. The Bertz CT molecular complexity index is 574. The molecule has 19 heavy (non-hydrogen) atoms. The van der Waals surface area contributed by atoms with Gasteiger partial charge in [-0.05, 0) is 30.2 Å². The zero-order valence-corrected chi connectivity index (χ0v) is 12.4. The van der Waals surface area contributed by atoms with E-state index in [1.807, 2.05) is 31.3 Å². The molecule has 0 spiro atoms. The van der Waals surface area contributed by atoms with Crippen LogP contribution in [0.3, 0.4) is 0 Å². The van der Waals surface area contributed by atoms with Crippen molar-refractivity contribution in [2.24, 2.45) is 5.84 Å². The van der Waals surface area contributed by atoms with Gasteiger partial charge in [-0.3, -0.25) is 10.8 Å². The number of ether oxygens (including phenoxy) is 1. The van der Waals surface area contributed by atoms with Crippen LogP contribution < -0.4 is 16.0 Å². The minimum atomic E-state index is -0.157. The number of aryl methyl sites for hydroxylation is 1. The Kier molecular flexibility index (Phi) is 4.52. The van der Waals surface area contributed by atoms with Gasteiger partial charge < -0.3 is 4.74 Å². The van der Waals surface area contributed by atoms with Crippen molar-refractivity contribution in [3.05, 3.63) is 57.8 Å². The second-order valence-corrected chi connectivity index (χ2v) is 5.20. The van der Waals surface area contributed by atoms with Crippen LogP contribution in [0.1, 0.15) is 22.7 Å². The molecule has 100 valence electrons. The molecule has 1 unspecified atom stereocenters. The second kappa shape index (κ2) is 6.14. The number of halogens is 1. The number of hydrogen-bond acceptors (Lipinski definition) is 4. The summed E-state index contributed by atoms with van der Waals surface area (Å²) in [5, 5.41) is 0. The van der Waals surface area contributed by atoms with Gasteiger partial charge in [-0.2, -0.15) is 0 Å². The van der Waals surface area contributed by atoms with E-state index in [9.17, 15) is 0 Å². The lowest BCUT2D eigenvalue weighted by Crippen LogP contribution is -2.29. The van der Waals surface area contributed by atoms with E-state index in [2.05, 4.69) is 32.4 Å². The maximum atomic E-state index is 5.70. The Labute approximate surface area is 121 Å². The number of nitrogens with two attached hydrogens (primary N) is 1. The van der Waals surface area contributed by atoms with Gasteiger partial charge in [0.25, 0.3) is 0 Å². The Morgan fingerprint density at radius 1 is 1.32 bits per heavy atom. The number of rotatable bonds is 4. The quantitative estimate of drug-likeness (QED) is 0.671. The zero-order valence-electron chi connectivity index (χ0n) is 10.9. The summed E-state index contributed by atoms with van der Waals surface area (Å²) in [7, 11) is 1.65. The number of pyridine rings is 1. The average molecular weight is 322 g/mol. The van der Waals surface area contributed by atoms with Crippen molar-refractivity contribution in [2.45, 2.75) is 13.0 Å². The Morgan fingerprint density at radius 3 is 2.74 bits per heavy atom. The molecular formula is C14H16BrN3O. The van der Waals surface area contributed by atoms with Gasteiger partial charge in [-0.1, -0.05) is 28.1 Å². The van der Waals surface area contributed by atoms with Gasteiger partial charge in [-0.25, -0.2) is 5.43 Å². The summed E-state index contributed by atoms with van der Waals surface area (Å²) in [6, 6.07) is 7.76. The highest BCUT2D eigenvalue weighted by atomic mass is 79.9. The molecule has 5 heteroatoms. The lowest BCUT2D eigenvalue weighted by Gasteiger charge is -2.19. The molecule has 1 atom stereocenters. The van der Waals surface area contributed by atoms with E-state index < -0.39 is 0 Å². The van der Waals surface area contributed by atoms with Crippen LogP contribution in [0.2, 0.25) is 0 Å². The van der Waals surface area contributed by atoms with Crippen molar-refractivity contribution in [3.8, 4) is 5.75 Å². The van der Waals surface area contributed by atoms with Crippen molar-refractivity contribution in [1.29, 1.82) is 0 Å². The van der Waals surface area contributed by atoms with Crippen LogP contribution in [0, 0.1) is 6.92 Å². The lowest BCUT2D eigenvalue weighted by molar-refractivity contribution is 0.404. The highest BCUT2D eigenvalue weighted by Crippen LogP contribution is 2.31. The Balaban J connectivity index is 2.48. The molecule has 0 saturated heterocycles. The molecule has 0 saturated carbocycles. The fourth-order valence-corrected chi connectivity index (χ4v) is 2.37. The molecule has 0 aliphatic rings. The number of methoxy groups -OCH3 is 1. The Hall–Kier alpha value is -1.43. The summed E-state index contributed by atoms with van der Waals surface area (Å²) in [6.07, 6.45) is 3.62. The van der Waals surface area contributed by atoms with Crippen LogP contribution in [0.4, 0.5) is 0 Å². The van der Waals surface area contributed by atoms with E-state index in [4.69, 9.17) is 10.6 Å². The van der Waals surface area contributed by atoms with Crippen molar-refractivity contribution >= 4 is 15.9 Å². The van der Waals surface area contributed by atoms with Crippen molar-refractivity contribution in [3.63, 3.8) is 0 Å². The molecule has 1 heterocycles. The molecule has 2 aromatic rings. The topological polar surface area (TPSA) is 60.2 Å². The van der Waals surface area contributed by atoms with E-state index in [0.717, 1.165) is 26.9 Å².